The van der Waals surface area contributed by atoms with Gasteiger partial charge in [0, 0.05) is 5.56 Å². The van der Waals surface area contributed by atoms with Gasteiger partial charge in [-0.2, -0.15) is 0 Å². The van der Waals surface area contributed by atoms with Crippen LogP contribution in [0.4, 0.5) is 4.39 Å². The zero-order chi connectivity index (χ0) is 14.0. The van der Waals surface area contributed by atoms with Crippen LogP contribution < -0.4 is 11.3 Å². The van der Waals surface area contributed by atoms with Gasteiger partial charge in [-0.3, -0.25) is 5.84 Å². The fourth-order valence-electron chi connectivity index (χ4n) is 2.05. The molecule has 0 saturated heterocycles. The van der Waals surface area contributed by atoms with Crippen molar-refractivity contribution in [3.05, 3.63) is 68.9 Å². The first-order valence-corrected chi connectivity index (χ1v) is 6.81. The lowest BCUT2D eigenvalue weighted by Crippen LogP contribution is -2.29. The largest absolute Gasteiger partial charge is 0.271 e. The highest BCUT2D eigenvalue weighted by molar-refractivity contribution is 9.10. The van der Waals surface area contributed by atoms with Crippen molar-refractivity contribution in [2.75, 3.05) is 0 Å². The number of halogens is 2. The molecule has 100 valence electrons. The molecule has 4 heteroatoms. The highest BCUT2D eigenvalue weighted by Gasteiger charge is 2.18. The molecule has 0 heterocycles. The Bertz CT molecular complexity index is 599. The smallest absolute Gasteiger partial charge is 0.142 e. The molecule has 1 unspecified atom stereocenters. The molecule has 2 rings (SSSR count). The van der Waals surface area contributed by atoms with Crippen LogP contribution in [0.3, 0.4) is 0 Å². The number of aryl methyl sites for hydroxylation is 2. The zero-order valence-electron chi connectivity index (χ0n) is 10.9. The molecule has 19 heavy (non-hydrogen) atoms. The van der Waals surface area contributed by atoms with Gasteiger partial charge in [-0.25, -0.2) is 9.82 Å². The summed E-state index contributed by atoms with van der Waals surface area (Å²) >= 11 is 3.20. The Morgan fingerprint density at radius 3 is 2.53 bits per heavy atom. The Morgan fingerprint density at radius 1 is 1.16 bits per heavy atom. The van der Waals surface area contributed by atoms with E-state index in [0.29, 0.717) is 10.0 Å². The Kier molecular flexibility index (Phi) is 4.34. The molecule has 2 nitrogen and oxygen atoms in total. The summed E-state index contributed by atoms with van der Waals surface area (Å²) in [4.78, 5) is 0. The summed E-state index contributed by atoms with van der Waals surface area (Å²) in [6.45, 7) is 4.08. The van der Waals surface area contributed by atoms with E-state index >= 15 is 0 Å². The van der Waals surface area contributed by atoms with Crippen molar-refractivity contribution in [2.24, 2.45) is 5.84 Å². The van der Waals surface area contributed by atoms with Crippen LogP contribution in [-0.2, 0) is 0 Å². The maximum Gasteiger partial charge on any atom is 0.142 e. The molecule has 0 spiro atoms. The van der Waals surface area contributed by atoms with Gasteiger partial charge in [0.05, 0.1) is 10.5 Å². The Balaban J connectivity index is 2.50. The minimum atomic E-state index is -0.364. The fraction of sp³-hybridized carbons (Fsp3) is 0.200. The number of nitrogens with one attached hydrogen (secondary N) is 1. The average molecular weight is 323 g/mol. The van der Waals surface area contributed by atoms with E-state index < -0.39 is 0 Å². The third-order valence-corrected chi connectivity index (χ3v) is 3.94. The quantitative estimate of drug-likeness (QED) is 0.667. The van der Waals surface area contributed by atoms with Gasteiger partial charge in [0.25, 0.3) is 0 Å². The number of hydrogen-bond donors (Lipinski definition) is 2. The van der Waals surface area contributed by atoms with Gasteiger partial charge < -0.3 is 0 Å². The summed E-state index contributed by atoms with van der Waals surface area (Å²) in [7, 11) is 0. The predicted octanol–water partition coefficient (Wildman–Crippen LogP) is 3.76. The standard InChI is InChI=1S/C15H16BrFN2/c1-9-6-7-11(8-10(9)2)15(19-18)12-4-3-5-13(16)14(12)17/h3-8,15,19H,18H2,1-2H3. The molecule has 0 aromatic heterocycles. The maximum atomic E-state index is 14.2. The molecule has 2 aromatic rings. The van der Waals surface area contributed by atoms with Crippen molar-refractivity contribution in [2.45, 2.75) is 19.9 Å². The number of benzene rings is 2. The summed E-state index contributed by atoms with van der Waals surface area (Å²) < 4.78 is 14.6. The average Bonchev–Trinajstić information content (AvgIpc) is 2.39. The van der Waals surface area contributed by atoms with E-state index in [-0.39, 0.29) is 11.9 Å². The summed E-state index contributed by atoms with van der Waals surface area (Å²) in [6.07, 6.45) is 0. The fourth-order valence-corrected chi connectivity index (χ4v) is 2.43. The van der Waals surface area contributed by atoms with Crippen LogP contribution in [0.1, 0.15) is 28.3 Å². The second-order valence-electron chi connectivity index (χ2n) is 4.59. The van der Waals surface area contributed by atoms with E-state index in [0.717, 1.165) is 11.1 Å². The number of rotatable bonds is 3. The van der Waals surface area contributed by atoms with E-state index in [9.17, 15) is 4.39 Å². The van der Waals surface area contributed by atoms with Crippen LogP contribution in [0.2, 0.25) is 0 Å². The van der Waals surface area contributed by atoms with Crippen LogP contribution >= 0.6 is 15.9 Å². The minimum absolute atomic E-state index is 0.288. The lowest BCUT2D eigenvalue weighted by molar-refractivity contribution is 0.555. The number of nitrogens with two attached hydrogens (primary N) is 1. The molecular formula is C15H16BrFN2. The van der Waals surface area contributed by atoms with Gasteiger partial charge in [0.1, 0.15) is 5.82 Å². The molecule has 3 N–H and O–H groups in total. The van der Waals surface area contributed by atoms with E-state index in [1.165, 1.54) is 5.56 Å². The molecule has 0 aliphatic carbocycles. The third kappa shape index (κ3) is 2.86. The van der Waals surface area contributed by atoms with E-state index in [1.807, 2.05) is 32.0 Å². The molecule has 0 saturated carbocycles. The number of hydrazine groups is 1. The van der Waals surface area contributed by atoms with Gasteiger partial charge in [0.15, 0.2) is 0 Å². The minimum Gasteiger partial charge on any atom is -0.271 e. The summed E-state index contributed by atoms with van der Waals surface area (Å²) in [6, 6.07) is 10.9. The number of hydrogen-bond acceptors (Lipinski definition) is 2. The monoisotopic (exact) mass is 322 g/mol. The van der Waals surface area contributed by atoms with Crippen molar-refractivity contribution < 1.29 is 4.39 Å². The van der Waals surface area contributed by atoms with Gasteiger partial charge in [-0.05, 0) is 52.5 Å². The first kappa shape index (κ1) is 14.2. The van der Waals surface area contributed by atoms with Gasteiger partial charge >= 0.3 is 0 Å². The van der Waals surface area contributed by atoms with Crippen molar-refractivity contribution in [3.8, 4) is 0 Å². The summed E-state index contributed by atoms with van der Waals surface area (Å²) in [5, 5.41) is 0. The Morgan fingerprint density at radius 2 is 1.89 bits per heavy atom. The summed E-state index contributed by atoms with van der Waals surface area (Å²) in [5.41, 5.74) is 6.53. The highest BCUT2D eigenvalue weighted by Crippen LogP contribution is 2.28. The van der Waals surface area contributed by atoms with Crippen LogP contribution in [0.25, 0.3) is 0 Å². The molecule has 0 bridgehead atoms. The maximum absolute atomic E-state index is 14.2. The SMILES string of the molecule is Cc1ccc(C(NN)c2cccc(Br)c2F)cc1C. The lowest BCUT2D eigenvalue weighted by atomic mass is 9.96. The Hall–Kier alpha value is -1.23. The molecule has 2 aromatic carbocycles. The molecular weight excluding hydrogens is 307 g/mol. The van der Waals surface area contributed by atoms with Crippen molar-refractivity contribution in [3.63, 3.8) is 0 Å². The van der Waals surface area contributed by atoms with Crippen molar-refractivity contribution in [1.82, 2.24) is 5.43 Å². The molecule has 0 aliphatic rings. The van der Waals surface area contributed by atoms with Crippen LogP contribution in [0.5, 0.6) is 0 Å². The van der Waals surface area contributed by atoms with Gasteiger partial charge in [-0.15, -0.1) is 0 Å². The highest BCUT2D eigenvalue weighted by atomic mass is 79.9. The first-order chi connectivity index (χ1) is 9.04. The molecule has 0 amide bonds. The first-order valence-electron chi connectivity index (χ1n) is 6.01. The van der Waals surface area contributed by atoms with Crippen LogP contribution in [0, 0.1) is 19.7 Å². The second-order valence-corrected chi connectivity index (χ2v) is 5.44. The topological polar surface area (TPSA) is 38.0 Å². The predicted molar refractivity (Wildman–Crippen MR) is 79.2 cm³/mol. The van der Waals surface area contributed by atoms with Crippen LogP contribution in [-0.4, -0.2) is 0 Å². The van der Waals surface area contributed by atoms with Crippen molar-refractivity contribution >= 4 is 15.9 Å². The molecule has 0 radical (unpaired) electrons. The third-order valence-electron chi connectivity index (χ3n) is 3.32. The van der Waals surface area contributed by atoms with E-state index in [4.69, 9.17) is 5.84 Å². The normalized spacial score (nSPS) is 12.5. The lowest BCUT2D eigenvalue weighted by Gasteiger charge is -2.19. The van der Waals surface area contributed by atoms with Gasteiger partial charge in [-0.1, -0.05) is 30.3 Å². The van der Waals surface area contributed by atoms with Crippen molar-refractivity contribution in [1.29, 1.82) is 0 Å². The van der Waals surface area contributed by atoms with E-state index in [1.54, 1.807) is 18.2 Å². The molecule has 0 aliphatic heterocycles. The summed E-state index contributed by atoms with van der Waals surface area (Å²) in [5.74, 6) is 5.32. The van der Waals surface area contributed by atoms with E-state index in [2.05, 4.69) is 21.4 Å². The van der Waals surface area contributed by atoms with Crippen LogP contribution in [0.15, 0.2) is 40.9 Å². The Labute approximate surface area is 120 Å². The zero-order valence-corrected chi connectivity index (χ0v) is 12.5. The molecule has 0 fully saturated rings. The molecule has 1 atom stereocenters. The van der Waals surface area contributed by atoms with Gasteiger partial charge in [0.2, 0.25) is 0 Å². The second kappa shape index (κ2) is 5.82.